The van der Waals surface area contributed by atoms with E-state index in [4.69, 9.17) is 75.3 Å². The van der Waals surface area contributed by atoms with Crippen molar-refractivity contribution in [3.05, 3.63) is 41.7 Å². The van der Waals surface area contributed by atoms with Crippen LogP contribution in [0.2, 0.25) is 0 Å². The molecule has 0 aliphatic heterocycles. The maximum atomic E-state index is 5.76. The van der Waals surface area contributed by atoms with E-state index in [9.17, 15) is 0 Å². The van der Waals surface area contributed by atoms with E-state index in [0.29, 0.717) is 5.56 Å². The summed E-state index contributed by atoms with van der Waals surface area (Å²) < 4.78 is 10.6. The van der Waals surface area contributed by atoms with Crippen molar-refractivity contribution in [2.24, 2.45) is 0 Å². The lowest BCUT2D eigenvalue weighted by Crippen LogP contribution is -2.20. The highest BCUT2D eigenvalue weighted by Gasteiger charge is 2.35. The predicted octanol–water partition coefficient (Wildman–Crippen LogP) is 5.71. The fourth-order valence-electron chi connectivity index (χ4n) is 1.26. The third-order valence-corrected chi connectivity index (χ3v) is 4.20. The summed E-state index contributed by atoms with van der Waals surface area (Å²) in [4.78, 5) is 0. The van der Waals surface area contributed by atoms with Gasteiger partial charge >= 0.3 is 12.5 Å². The van der Waals surface area contributed by atoms with Gasteiger partial charge in [-0.05, 0) is 6.92 Å². The normalized spacial score (nSPS) is 13.8. The summed E-state index contributed by atoms with van der Waals surface area (Å²) in [5.74, 6) is 0.516. The van der Waals surface area contributed by atoms with Crippen LogP contribution in [0.3, 0.4) is 0 Å². The van der Waals surface area contributed by atoms with E-state index < -0.39 is 12.5 Å². The summed E-state index contributed by atoms with van der Waals surface area (Å²) >= 11 is 34.4. The number of hydrogen-bond acceptors (Lipinski definition) is 2. The first-order chi connectivity index (χ1) is 8.58. The van der Waals surface area contributed by atoms with Crippen LogP contribution in [0, 0.1) is 0 Å². The Morgan fingerprint density at radius 2 is 1.32 bits per heavy atom. The van der Waals surface area contributed by atoms with E-state index in [0.717, 1.165) is 0 Å². The van der Waals surface area contributed by atoms with Gasteiger partial charge in [-0.25, -0.2) is 0 Å². The SMILES string of the molecule is C/C(O[Si](Cl)(Cl)Cl)=C(/O[Si](Cl)(Cl)Cl)c1ccccc1. The summed E-state index contributed by atoms with van der Waals surface area (Å²) in [6, 6.07) is 8.99. The van der Waals surface area contributed by atoms with Crippen LogP contribution in [0.4, 0.5) is 0 Å². The third kappa shape index (κ3) is 7.34. The Morgan fingerprint density at radius 1 is 0.842 bits per heavy atom. The molecule has 19 heavy (non-hydrogen) atoms. The van der Waals surface area contributed by atoms with Gasteiger partial charge in [0.1, 0.15) is 11.5 Å². The van der Waals surface area contributed by atoms with Gasteiger partial charge in [0.25, 0.3) is 0 Å². The highest BCUT2D eigenvalue weighted by atomic mass is 35.8. The summed E-state index contributed by atoms with van der Waals surface area (Å²) in [6.45, 7) is 1.59. The quantitative estimate of drug-likeness (QED) is 0.347. The van der Waals surface area contributed by atoms with Gasteiger partial charge in [0, 0.05) is 5.56 Å². The fourth-order valence-corrected chi connectivity index (χ4v) is 3.93. The molecule has 0 bridgehead atoms. The molecule has 0 aliphatic carbocycles. The largest absolute Gasteiger partial charge is 0.555 e. The number of rotatable bonds is 5. The summed E-state index contributed by atoms with van der Waals surface area (Å²) in [7, 11) is 0. The van der Waals surface area contributed by atoms with Crippen LogP contribution in [0.5, 0.6) is 0 Å². The predicted molar refractivity (Wildman–Crippen MR) is 87.8 cm³/mol. The van der Waals surface area contributed by atoms with Gasteiger partial charge in [-0.2, -0.15) is 0 Å². The van der Waals surface area contributed by atoms with Gasteiger partial charge < -0.3 is 8.85 Å². The summed E-state index contributed by atoms with van der Waals surface area (Å²) in [6.07, 6.45) is -6.70. The van der Waals surface area contributed by atoms with E-state index in [-0.39, 0.29) is 11.5 Å². The standard InChI is InChI=1S/C9H8Cl6O2Si2/c1-7(16-18(10,11)12)9(17-19(13,14)15)8-5-3-2-4-6-8/h2-6H,1H3/b9-7-. The van der Waals surface area contributed by atoms with Crippen molar-refractivity contribution in [1.82, 2.24) is 0 Å². The smallest absolute Gasteiger partial charge is 0.508 e. The van der Waals surface area contributed by atoms with Crippen molar-refractivity contribution in [3.63, 3.8) is 0 Å². The number of allylic oxidation sites excluding steroid dienone is 1. The maximum absolute atomic E-state index is 5.76. The van der Waals surface area contributed by atoms with E-state index in [1.54, 1.807) is 31.2 Å². The molecule has 0 saturated heterocycles. The van der Waals surface area contributed by atoms with Crippen molar-refractivity contribution in [3.8, 4) is 0 Å². The van der Waals surface area contributed by atoms with E-state index >= 15 is 0 Å². The van der Waals surface area contributed by atoms with E-state index in [1.165, 1.54) is 0 Å². The van der Waals surface area contributed by atoms with Gasteiger partial charge in [0.2, 0.25) is 0 Å². The van der Waals surface area contributed by atoms with Gasteiger partial charge in [-0.1, -0.05) is 96.8 Å². The van der Waals surface area contributed by atoms with Crippen molar-refractivity contribution in [1.29, 1.82) is 0 Å². The molecule has 0 amide bonds. The zero-order chi connectivity index (χ0) is 14.7. The molecular weight excluding hydrogens is 409 g/mol. The molecule has 0 unspecified atom stereocenters. The van der Waals surface area contributed by atoms with Crippen LogP contribution >= 0.6 is 66.5 Å². The van der Waals surface area contributed by atoms with Crippen molar-refractivity contribution >= 4 is 84.7 Å². The van der Waals surface area contributed by atoms with Gasteiger partial charge in [-0.3, -0.25) is 0 Å². The molecule has 0 radical (unpaired) electrons. The molecule has 10 heteroatoms. The van der Waals surface area contributed by atoms with Crippen LogP contribution in [0.1, 0.15) is 12.5 Å². The molecular formula is C9H8Cl6O2Si2. The van der Waals surface area contributed by atoms with Crippen LogP contribution in [0.15, 0.2) is 36.1 Å². The van der Waals surface area contributed by atoms with Crippen LogP contribution < -0.4 is 0 Å². The molecule has 0 heterocycles. The first kappa shape index (κ1) is 17.8. The average molecular weight is 417 g/mol. The Hall–Kier alpha value is 0.734. The third-order valence-electron chi connectivity index (χ3n) is 1.84. The Morgan fingerprint density at radius 3 is 1.74 bits per heavy atom. The second-order valence-corrected chi connectivity index (χ2v) is 18.6. The lowest BCUT2D eigenvalue weighted by atomic mass is 10.2. The lowest BCUT2D eigenvalue weighted by molar-refractivity contribution is 0.425. The summed E-state index contributed by atoms with van der Waals surface area (Å²) in [5.41, 5.74) is 0.669. The summed E-state index contributed by atoms with van der Waals surface area (Å²) in [5, 5.41) is 0. The molecule has 1 aromatic rings. The van der Waals surface area contributed by atoms with Gasteiger partial charge in [0.15, 0.2) is 0 Å². The number of halogens is 6. The molecule has 0 atom stereocenters. The second-order valence-electron chi connectivity index (χ2n) is 3.35. The Bertz CT molecular complexity index is 454. The van der Waals surface area contributed by atoms with Gasteiger partial charge in [0.05, 0.1) is 0 Å². The molecule has 0 spiro atoms. The van der Waals surface area contributed by atoms with Gasteiger partial charge in [-0.15, -0.1) is 0 Å². The molecule has 106 valence electrons. The molecule has 0 aliphatic rings. The number of hydrogen-bond donors (Lipinski definition) is 0. The molecule has 1 aromatic carbocycles. The average Bonchev–Trinajstić information content (AvgIpc) is 2.23. The van der Waals surface area contributed by atoms with Crippen molar-refractivity contribution in [2.45, 2.75) is 6.92 Å². The van der Waals surface area contributed by atoms with E-state index in [1.807, 2.05) is 6.07 Å². The van der Waals surface area contributed by atoms with Crippen molar-refractivity contribution in [2.75, 3.05) is 0 Å². The molecule has 0 aromatic heterocycles. The monoisotopic (exact) mass is 414 g/mol. The van der Waals surface area contributed by atoms with E-state index in [2.05, 4.69) is 0 Å². The maximum Gasteiger partial charge on any atom is 0.555 e. The molecule has 1 rings (SSSR count). The molecule has 2 nitrogen and oxygen atoms in total. The van der Waals surface area contributed by atoms with Crippen LogP contribution in [-0.4, -0.2) is 12.5 Å². The minimum Gasteiger partial charge on any atom is -0.508 e. The first-order valence-electron chi connectivity index (χ1n) is 4.86. The van der Waals surface area contributed by atoms with Crippen molar-refractivity contribution < 1.29 is 8.85 Å². The number of benzene rings is 1. The highest BCUT2D eigenvalue weighted by molar-refractivity contribution is 7.62. The molecule has 0 N–H and O–H groups in total. The van der Waals surface area contributed by atoms with Crippen LogP contribution in [0.25, 0.3) is 5.76 Å². The zero-order valence-electron chi connectivity index (χ0n) is 9.47. The Balaban J connectivity index is 3.16. The highest BCUT2D eigenvalue weighted by Crippen LogP contribution is 2.34. The topological polar surface area (TPSA) is 18.5 Å². The molecule has 0 fully saturated rings. The lowest BCUT2D eigenvalue weighted by Gasteiger charge is -2.20. The minimum atomic E-state index is -3.38. The second kappa shape index (κ2) is 7.14. The zero-order valence-corrected chi connectivity index (χ0v) is 16.0. The Kier molecular flexibility index (Phi) is 6.68. The Labute approximate surface area is 141 Å². The van der Waals surface area contributed by atoms with Crippen LogP contribution in [-0.2, 0) is 8.85 Å². The first-order valence-corrected chi connectivity index (χ1v) is 14.7. The molecule has 0 saturated carbocycles. The minimum absolute atomic E-state index is 0.256. The fraction of sp³-hybridized carbons (Fsp3) is 0.111.